The molecule has 3 aromatic rings. The molecule has 0 aliphatic heterocycles. The van der Waals surface area contributed by atoms with Gasteiger partial charge in [-0.05, 0) is 42.9 Å². The molecule has 4 rings (SSSR count). The van der Waals surface area contributed by atoms with Crippen molar-refractivity contribution in [3.05, 3.63) is 46.3 Å². The summed E-state index contributed by atoms with van der Waals surface area (Å²) in [6, 6.07) is 12.0. The molecular weight excluding hydrogens is 422 g/mol. The maximum atomic E-state index is 12.4. The molecule has 9 heteroatoms. The quantitative estimate of drug-likeness (QED) is 0.519. The summed E-state index contributed by atoms with van der Waals surface area (Å²) < 4.78 is 0.721. The summed E-state index contributed by atoms with van der Waals surface area (Å²) in [5, 5.41) is 25.3. The van der Waals surface area contributed by atoms with E-state index in [0.717, 1.165) is 34.9 Å². The molecule has 1 aromatic carbocycles. The highest BCUT2D eigenvalue weighted by Crippen LogP contribution is 2.39. The number of nitrogens with one attached hydrogen (secondary N) is 2. The fourth-order valence-electron chi connectivity index (χ4n) is 3.21. The van der Waals surface area contributed by atoms with Crippen LogP contribution in [-0.4, -0.2) is 21.9 Å². The molecule has 0 unspecified atom stereocenters. The van der Waals surface area contributed by atoms with Gasteiger partial charge >= 0.3 is 0 Å². The fraction of sp³-hybridized carbons (Fsp3) is 0.300. The first-order valence-electron chi connectivity index (χ1n) is 9.25. The molecule has 0 saturated carbocycles. The van der Waals surface area contributed by atoms with E-state index in [9.17, 15) is 10.1 Å². The lowest BCUT2D eigenvalue weighted by atomic mass is 9.89. The van der Waals surface area contributed by atoms with Crippen LogP contribution in [0.3, 0.4) is 0 Å². The molecule has 0 saturated heterocycles. The van der Waals surface area contributed by atoms with Gasteiger partial charge in [0.15, 0.2) is 4.34 Å². The van der Waals surface area contributed by atoms with Crippen LogP contribution in [-0.2, 0) is 17.6 Å². The summed E-state index contributed by atoms with van der Waals surface area (Å²) in [4.78, 5) is 13.7. The lowest BCUT2D eigenvalue weighted by Crippen LogP contribution is -2.14. The number of hydrogen-bond acceptors (Lipinski definition) is 8. The predicted molar refractivity (Wildman–Crippen MR) is 119 cm³/mol. The first kappa shape index (κ1) is 19.9. The van der Waals surface area contributed by atoms with Crippen molar-refractivity contribution in [2.75, 3.05) is 16.4 Å². The van der Waals surface area contributed by atoms with Gasteiger partial charge in [-0.3, -0.25) is 4.79 Å². The molecule has 2 N–H and O–H groups in total. The van der Waals surface area contributed by atoms with Crippen LogP contribution in [0.25, 0.3) is 0 Å². The van der Waals surface area contributed by atoms with E-state index in [2.05, 4.69) is 33.8 Å². The molecule has 1 aliphatic carbocycles. The van der Waals surface area contributed by atoms with E-state index >= 15 is 0 Å². The summed E-state index contributed by atoms with van der Waals surface area (Å²) in [5.74, 6) is 0.720. The second kappa shape index (κ2) is 8.95. The van der Waals surface area contributed by atoms with Crippen LogP contribution in [0.15, 0.2) is 34.7 Å². The van der Waals surface area contributed by atoms with Gasteiger partial charge in [-0.25, -0.2) is 0 Å². The van der Waals surface area contributed by atoms with Crippen molar-refractivity contribution in [3.63, 3.8) is 0 Å². The van der Waals surface area contributed by atoms with Crippen molar-refractivity contribution in [2.24, 2.45) is 5.92 Å². The summed E-state index contributed by atoms with van der Waals surface area (Å²) in [6.45, 7) is 2.23. The zero-order valence-corrected chi connectivity index (χ0v) is 18.2. The molecule has 29 heavy (non-hydrogen) atoms. The minimum absolute atomic E-state index is 0.133. The van der Waals surface area contributed by atoms with Gasteiger partial charge in [-0.2, -0.15) is 5.26 Å². The van der Waals surface area contributed by atoms with Crippen LogP contribution < -0.4 is 10.6 Å². The Labute approximate surface area is 181 Å². The van der Waals surface area contributed by atoms with Crippen LogP contribution in [0.4, 0.5) is 15.8 Å². The Hall–Kier alpha value is -2.41. The highest BCUT2D eigenvalue weighted by Gasteiger charge is 2.24. The Balaban J connectivity index is 1.35. The van der Waals surface area contributed by atoms with Crippen molar-refractivity contribution in [1.82, 2.24) is 10.2 Å². The largest absolute Gasteiger partial charge is 0.330 e. The van der Waals surface area contributed by atoms with Gasteiger partial charge in [0.2, 0.25) is 11.0 Å². The summed E-state index contributed by atoms with van der Waals surface area (Å²) in [6.07, 6.45) is 3.00. The Morgan fingerprint density at radius 2 is 2.14 bits per heavy atom. The van der Waals surface area contributed by atoms with Gasteiger partial charge in [0.1, 0.15) is 11.1 Å². The van der Waals surface area contributed by atoms with Crippen molar-refractivity contribution >= 4 is 56.2 Å². The van der Waals surface area contributed by atoms with Gasteiger partial charge in [-0.15, -0.1) is 21.5 Å². The average Bonchev–Trinajstić information content (AvgIpc) is 3.30. The monoisotopic (exact) mass is 441 g/mol. The van der Waals surface area contributed by atoms with Crippen molar-refractivity contribution in [2.45, 2.75) is 30.5 Å². The number of para-hydroxylation sites is 1. The molecule has 2 heterocycles. The molecule has 6 nitrogen and oxygen atoms in total. The van der Waals surface area contributed by atoms with E-state index in [0.29, 0.717) is 21.6 Å². The van der Waals surface area contributed by atoms with E-state index < -0.39 is 0 Å². The molecule has 0 fully saturated rings. The molecule has 0 bridgehead atoms. The van der Waals surface area contributed by atoms with Crippen LogP contribution in [0.2, 0.25) is 0 Å². The van der Waals surface area contributed by atoms with E-state index in [1.807, 2.05) is 30.3 Å². The molecular formula is C20H19N5OS3. The number of nitriles is 1. The third-order valence-corrected chi connectivity index (χ3v) is 7.78. The molecule has 0 spiro atoms. The second-order valence-electron chi connectivity index (χ2n) is 6.87. The molecule has 1 amide bonds. The SMILES string of the molecule is C[C@@H]1CCc2c(sc(NC(=O)CSc3nnc(Nc4ccccc4)s3)c2C#N)C1. The number of fused-ring (bicyclic) bond motifs is 1. The number of amides is 1. The third-order valence-electron chi connectivity index (χ3n) is 4.63. The van der Waals surface area contributed by atoms with Gasteiger partial charge in [0, 0.05) is 10.6 Å². The number of thiophene rings is 1. The van der Waals surface area contributed by atoms with Crippen LogP contribution in [0.5, 0.6) is 0 Å². The highest BCUT2D eigenvalue weighted by molar-refractivity contribution is 8.01. The summed E-state index contributed by atoms with van der Waals surface area (Å²) >= 11 is 4.29. The molecule has 1 aliphatic rings. The van der Waals surface area contributed by atoms with Crippen LogP contribution >= 0.6 is 34.4 Å². The number of hydrogen-bond donors (Lipinski definition) is 2. The summed E-state index contributed by atoms with van der Waals surface area (Å²) in [7, 11) is 0. The van der Waals surface area contributed by atoms with Crippen molar-refractivity contribution in [3.8, 4) is 6.07 Å². The number of carbonyl (C=O) groups is 1. The van der Waals surface area contributed by atoms with Gasteiger partial charge < -0.3 is 10.6 Å². The minimum atomic E-state index is -0.133. The fourth-order valence-corrected chi connectivity index (χ4v) is 6.16. The maximum Gasteiger partial charge on any atom is 0.235 e. The normalized spacial score (nSPS) is 15.4. The lowest BCUT2D eigenvalue weighted by molar-refractivity contribution is -0.113. The van der Waals surface area contributed by atoms with E-state index in [4.69, 9.17) is 0 Å². The van der Waals surface area contributed by atoms with E-state index in [-0.39, 0.29) is 11.7 Å². The molecule has 1 atom stereocenters. The number of aromatic nitrogens is 2. The Morgan fingerprint density at radius 3 is 2.93 bits per heavy atom. The average molecular weight is 442 g/mol. The topological polar surface area (TPSA) is 90.7 Å². The first-order chi connectivity index (χ1) is 14.1. The number of thioether (sulfide) groups is 1. The van der Waals surface area contributed by atoms with E-state index in [1.54, 1.807) is 11.3 Å². The maximum absolute atomic E-state index is 12.4. The van der Waals surface area contributed by atoms with Gasteiger partial charge in [0.05, 0.1) is 11.3 Å². The van der Waals surface area contributed by atoms with Gasteiger partial charge in [-0.1, -0.05) is 48.2 Å². The molecule has 148 valence electrons. The van der Waals surface area contributed by atoms with E-state index in [1.165, 1.54) is 28.0 Å². The number of rotatable bonds is 6. The lowest BCUT2D eigenvalue weighted by Gasteiger charge is -2.17. The number of benzene rings is 1. The van der Waals surface area contributed by atoms with Gasteiger partial charge in [0.25, 0.3) is 0 Å². The third kappa shape index (κ3) is 4.78. The minimum Gasteiger partial charge on any atom is -0.330 e. The van der Waals surface area contributed by atoms with Crippen molar-refractivity contribution < 1.29 is 4.79 Å². The standard InChI is InChI=1S/C20H19N5OS3/c1-12-7-8-14-15(10-21)18(28-16(14)9-12)23-17(26)11-27-20-25-24-19(29-20)22-13-5-3-2-4-6-13/h2-6,12H,7-9,11H2,1H3,(H,22,24)(H,23,26)/t12-/m1/s1. The predicted octanol–water partition coefficient (Wildman–Crippen LogP) is 5.07. The zero-order chi connectivity index (χ0) is 20.2. The Morgan fingerprint density at radius 1 is 1.31 bits per heavy atom. The summed E-state index contributed by atoms with van der Waals surface area (Å²) in [5.41, 5.74) is 2.71. The number of anilines is 3. The van der Waals surface area contributed by atoms with Crippen molar-refractivity contribution in [1.29, 1.82) is 5.26 Å². The molecule has 0 radical (unpaired) electrons. The van der Waals surface area contributed by atoms with Crippen LogP contribution in [0.1, 0.15) is 29.3 Å². The first-order valence-corrected chi connectivity index (χ1v) is 11.9. The Kier molecular flexibility index (Phi) is 6.13. The number of carbonyl (C=O) groups excluding carboxylic acids is 1. The van der Waals surface area contributed by atoms with Crippen LogP contribution in [0, 0.1) is 17.2 Å². The second-order valence-corrected chi connectivity index (χ2v) is 10.2. The highest BCUT2D eigenvalue weighted by atomic mass is 32.2. The number of nitrogens with zero attached hydrogens (tertiary/aromatic N) is 3. The smallest absolute Gasteiger partial charge is 0.235 e. The zero-order valence-electron chi connectivity index (χ0n) is 15.8. The Bertz CT molecular complexity index is 1050. The molecule has 2 aromatic heterocycles.